The predicted molar refractivity (Wildman–Crippen MR) is 90.8 cm³/mol. The molecule has 4 nitrogen and oxygen atoms in total. The molecule has 0 aromatic heterocycles. The molecule has 2 aromatic rings. The number of Topliss-reactive ketones (excluding diaryl/α,β-unsaturated/α-hetero) is 1. The minimum atomic E-state index is -0.576. The summed E-state index contributed by atoms with van der Waals surface area (Å²) in [6.45, 7) is 1.84. The molecule has 0 amide bonds. The number of carbonyl (C=O) groups excluding carboxylic acids is 2. The minimum absolute atomic E-state index is 0.237. The van der Waals surface area contributed by atoms with Crippen molar-refractivity contribution in [3.63, 3.8) is 0 Å². The van der Waals surface area contributed by atoms with Crippen molar-refractivity contribution in [3.05, 3.63) is 70.8 Å². The second-order valence-electron chi connectivity index (χ2n) is 5.49. The van der Waals surface area contributed by atoms with Gasteiger partial charge in [-0.1, -0.05) is 37.6 Å². The Morgan fingerprint density at radius 3 is 2.21 bits per heavy atom. The predicted octanol–water partition coefficient (Wildman–Crippen LogP) is 3.94. The number of rotatable bonds is 7. The normalized spacial score (nSPS) is 10.0. The molecule has 0 saturated heterocycles. The molecule has 0 fully saturated rings. The summed E-state index contributed by atoms with van der Waals surface area (Å²) in [7, 11) is 0. The molecule has 4 heteroatoms. The highest BCUT2D eigenvalue weighted by molar-refractivity contribution is 5.99. The van der Waals surface area contributed by atoms with E-state index in [0.29, 0.717) is 16.7 Å². The molecule has 0 atom stereocenters. The number of aryl methyl sites for hydroxylation is 1. The fraction of sp³-hybridized carbons (Fsp3) is 0.250. The van der Waals surface area contributed by atoms with E-state index in [1.165, 1.54) is 29.8 Å². The zero-order valence-corrected chi connectivity index (χ0v) is 13.6. The number of hydrogen-bond donors (Lipinski definition) is 0. The lowest BCUT2D eigenvalue weighted by atomic mass is 10.0. The standard InChI is InChI=1S/C20H19NO3/c1-2-3-4-15-5-9-17(10-6-15)19(22)14-24-20(23)18-11-7-16(13-21)8-12-18/h5-12H,2-4,14H2,1H3. The van der Waals surface area contributed by atoms with Gasteiger partial charge in [0.05, 0.1) is 17.2 Å². The van der Waals surface area contributed by atoms with Gasteiger partial charge in [-0.15, -0.1) is 0 Å². The first kappa shape index (κ1) is 17.4. The lowest BCUT2D eigenvalue weighted by molar-refractivity contribution is 0.0475. The van der Waals surface area contributed by atoms with E-state index in [4.69, 9.17) is 10.00 Å². The first-order chi connectivity index (χ1) is 11.6. The smallest absolute Gasteiger partial charge is 0.338 e. The van der Waals surface area contributed by atoms with Crippen LogP contribution < -0.4 is 0 Å². The minimum Gasteiger partial charge on any atom is -0.454 e. The molecule has 122 valence electrons. The van der Waals surface area contributed by atoms with Crippen molar-refractivity contribution >= 4 is 11.8 Å². The van der Waals surface area contributed by atoms with Gasteiger partial charge in [-0.25, -0.2) is 4.79 Å². The summed E-state index contributed by atoms with van der Waals surface area (Å²) in [6.07, 6.45) is 3.25. The number of nitriles is 1. The second-order valence-corrected chi connectivity index (χ2v) is 5.49. The third-order valence-electron chi connectivity index (χ3n) is 3.68. The number of benzene rings is 2. The molecular formula is C20H19NO3. The maximum Gasteiger partial charge on any atom is 0.338 e. The first-order valence-corrected chi connectivity index (χ1v) is 7.93. The van der Waals surface area contributed by atoms with E-state index < -0.39 is 5.97 Å². The largest absolute Gasteiger partial charge is 0.454 e. The molecule has 0 bridgehead atoms. The summed E-state index contributed by atoms with van der Waals surface area (Å²) in [6, 6.07) is 15.5. The van der Waals surface area contributed by atoms with E-state index in [-0.39, 0.29) is 12.4 Å². The molecule has 2 aromatic carbocycles. The van der Waals surface area contributed by atoms with Gasteiger partial charge in [0.15, 0.2) is 12.4 Å². The molecule has 0 saturated carbocycles. The van der Waals surface area contributed by atoms with Gasteiger partial charge in [-0.2, -0.15) is 5.26 Å². The SMILES string of the molecule is CCCCc1ccc(C(=O)COC(=O)c2ccc(C#N)cc2)cc1. The third-order valence-corrected chi connectivity index (χ3v) is 3.68. The van der Waals surface area contributed by atoms with Gasteiger partial charge in [0.2, 0.25) is 0 Å². The quantitative estimate of drug-likeness (QED) is 0.572. The van der Waals surface area contributed by atoms with E-state index in [2.05, 4.69) is 6.92 Å². The molecule has 2 rings (SSSR count). The zero-order chi connectivity index (χ0) is 17.4. The van der Waals surface area contributed by atoms with Gasteiger partial charge in [0.1, 0.15) is 0 Å². The van der Waals surface area contributed by atoms with Crippen LogP contribution in [0.5, 0.6) is 0 Å². The highest BCUT2D eigenvalue weighted by atomic mass is 16.5. The summed E-state index contributed by atoms with van der Waals surface area (Å²) < 4.78 is 5.04. The first-order valence-electron chi connectivity index (χ1n) is 7.93. The molecule has 0 unspecified atom stereocenters. The number of unbranched alkanes of at least 4 members (excludes halogenated alkanes) is 1. The Kier molecular flexibility index (Phi) is 6.27. The summed E-state index contributed by atoms with van der Waals surface area (Å²) in [5.41, 5.74) is 2.51. The molecule has 0 radical (unpaired) electrons. The number of hydrogen-bond acceptors (Lipinski definition) is 4. The number of esters is 1. The van der Waals surface area contributed by atoms with Gasteiger partial charge in [-0.05, 0) is 42.7 Å². The van der Waals surface area contributed by atoms with E-state index in [0.717, 1.165) is 19.3 Å². The van der Waals surface area contributed by atoms with Crippen LogP contribution in [0, 0.1) is 11.3 Å². The molecule has 24 heavy (non-hydrogen) atoms. The number of ketones is 1. The molecule has 0 spiro atoms. The number of nitrogens with zero attached hydrogens (tertiary/aromatic N) is 1. The Labute approximate surface area is 141 Å². The highest BCUT2D eigenvalue weighted by Crippen LogP contribution is 2.10. The molecule has 0 heterocycles. The zero-order valence-electron chi connectivity index (χ0n) is 13.6. The molecule has 0 N–H and O–H groups in total. The van der Waals surface area contributed by atoms with E-state index >= 15 is 0 Å². The Hall–Kier alpha value is -2.93. The van der Waals surface area contributed by atoms with Crippen molar-refractivity contribution < 1.29 is 14.3 Å². The van der Waals surface area contributed by atoms with Crippen LogP contribution in [-0.4, -0.2) is 18.4 Å². The number of carbonyl (C=O) groups is 2. The average Bonchev–Trinajstić information content (AvgIpc) is 2.64. The van der Waals surface area contributed by atoms with Gasteiger partial charge in [-0.3, -0.25) is 4.79 Å². The summed E-state index contributed by atoms with van der Waals surface area (Å²) in [5, 5.41) is 8.73. The van der Waals surface area contributed by atoms with Gasteiger partial charge >= 0.3 is 5.97 Å². The van der Waals surface area contributed by atoms with Crippen LogP contribution in [0.25, 0.3) is 0 Å². The van der Waals surface area contributed by atoms with Crippen LogP contribution in [0.2, 0.25) is 0 Å². The van der Waals surface area contributed by atoms with Crippen LogP contribution in [-0.2, 0) is 11.2 Å². The van der Waals surface area contributed by atoms with Crippen molar-refractivity contribution in [2.24, 2.45) is 0 Å². The Morgan fingerprint density at radius 1 is 1.00 bits per heavy atom. The Bertz CT molecular complexity index is 740. The van der Waals surface area contributed by atoms with Crippen LogP contribution in [0.3, 0.4) is 0 Å². The van der Waals surface area contributed by atoms with Gasteiger partial charge in [0.25, 0.3) is 0 Å². The van der Waals surface area contributed by atoms with Crippen molar-refractivity contribution in [2.75, 3.05) is 6.61 Å². The van der Waals surface area contributed by atoms with Gasteiger partial charge in [0, 0.05) is 5.56 Å². The van der Waals surface area contributed by atoms with E-state index in [1.807, 2.05) is 18.2 Å². The third kappa shape index (κ3) is 4.79. The Morgan fingerprint density at radius 2 is 1.62 bits per heavy atom. The maximum absolute atomic E-state index is 12.1. The fourth-order valence-electron chi connectivity index (χ4n) is 2.22. The van der Waals surface area contributed by atoms with Crippen LogP contribution >= 0.6 is 0 Å². The average molecular weight is 321 g/mol. The van der Waals surface area contributed by atoms with Crippen molar-refractivity contribution in [1.29, 1.82) is 5.26 Å². The number of ether oxygens (including phenoxy) is 1. The van der Waals surface area contributed by atoms with Crippen LogP contribution in [0.1, 0.15) is 51.6 Å². The lowest BCUT2D eigenvalue weighted by Gasteiger charge is -2.06. The van der Waals surface area contributed by atoms with Gasteiger partial charge < -0.3 is 4.74 Å². The maximum atomic E-state index is 12.1. The molecule has 0 aliphatic carbocycles. The Balaban J connectivity index is 1.89. The molecule has 0 aliphatic heterocycles. The lowest BCUT2D eigenvalue weighted by Crippen LogP contribution is -2.14. The van der Waals surface area contributed by atoms with Crippen molar-refractivity contribution in [2.45, 2.75) is 26.2 Å². The molecule has 0 aliphatic rings. The second kappa shape index (κ2) is 8.64. The summed E-state index contributed by atoms with van der Waals surface area (Å²) >= 11 is 0. The van der Waals surface area contributed by atoms with Crippen molar-refractivity contribution in [3.8, 4) is 6.07 Å². The van der Waals surface area contributed by atoms with Crippen LogP contribution in [0.15, 0.2) is 48.5 Å². The summed E-state index contributed by atoms with van der Waals surface area (Å²) in [4.78, 5) is 24.0. The summed E-state index contributed by atoms with van der Waals surface area (Å²) in [5.74, 6) is -0.813. The van der Waals surface area contributed by atoms with Crippen LogP contribution in [0.4, 0.5) is 0 Å². The van der Waals surface area contributed by atoms with E-state index in [1.54, 1.807) is 12.1 Å². The van der Waals surface area contributed by atoms with Crippen molar-refractivity contribution in [1.82, 2.24) is 0 Å². The topological polar surface area (TPSA) is 67.2 Å². The fourth-order valence-corrected chi connectivity index (χ4v) is 2.22. The highest BCUT2D eigenvalue weighted by Gasteiger charge is 2.12. The van der Waals surface area contributed by atoms with E-state index in [9.17, 15) is 9.59 Å². The molecular weight excluding hydrogens is 302 g/mol. The monoisotopic (exact) mass is 321 g/mol.